The first-order valence-electron chi connectivity index (χ1n) is 11.9. The number of methoxy groups -OCH3 is 1. The number of hydrogen-bond donors (Lipinski definition) is 0. The molecule has 1 aliphatic heterocycles. The van der Waals surface area contributed by atoms with Crippen LogP contribution < -0.4 is 9.47 Å². The second-order valence-corrected chi connectivity index (χ2v) is 8.76. The summed E-state index contributed by atoms with van der Waals surface area (Å²) in [4.78, 5) is 15.1. The van der Waals surface area contributed by atoms with E-state index < -0.39 is 0 Å². The monoisotopic (exact) mass is 467 g/mol. The Morgan fingerprint density at radius 3 is 2.60 bits per heavy atom. The summed E-state index contributed by atoms with van der Waals surface area (Å²) in [6.07, 6.45) is 4.36. The van der Waals surface area contributed by atoms with Crippen LogP contribution in [0.3, 0.4) is 0 Å². The minimum Gasteiger partial charge on any atom is -0.496 e. The van der Waals surface area contributed by atoms with Crippen molar-refractivity contribution >= 4 is 22.4 Å². The van der Waals surface area contributed by atoms with Crippen molar-refractivity contribution in [2.45, 2.75) is 26.8 Å². The van der Waals surface area contributed by atoms with E-state index in [-0.39, 0.29) is 5.91 Å². The highest BCUT2D eigenvalue weighted by atomic mass is 16.5. The largest absolute Gasteiger partial charge is 0.496 e. The van der Waals surface area contributed by atoms with Gasteiger partial charge in [0, 0.05) is 41.7 Å². The van der Waals surface area contributed by atoms with Gasteiger partial charge in [-0.15, -0.1) is 0 Å². The first-order valence-corrected chi connectivity index (χ1v) is 11.9. The quantitative estimate of drug-likeness (QED) is 0.304. The number of furan rings is 1. The fourth-order valence-corrected chi connectivity index (χ4v) is 4.69. The van der Waals surface area contributed by atoms with E-state index in [4.69, 9.17) is 13.9 Å². The Labute approximate surface area is 205 Å². The van der Waals surface area contributed by atoms with Gasteiger partial charge in [0.15, 0.2) is 0 Å². The zero-order valence-electron chi connectivity index (χ0n) is 20.3. The van der Waals surface area contributed by atoms with Crippen LogP contribution in [-0.2, 0) is 17.8 Å². The molecule has 1 aliphatic rings. The van der Waals surface area contributed by atoms with Crippen molar-refractivity contribution < 1.29 is 18.7 Å². The number of carbonyl (C=O) groups excluding carboxylic acids is 1. The molecule has 1 amide bonds. The molecule has 4 aromatic rings. The number of ether oxygens (including phenoxy) is 2. The summed E-state index contributed by atoms with van der Waals surface area (Å²) in [6.45, 7) is 5.91. The van der Waals surface area contributed by atoms with Gasteiger partial charge in [0.1, 0.15) is 17.1 Å². The third-order valence-electron chi connectivity index (χ3n) is 6.58. The molecule has 5 nitrogen and oxygen atoms in total. The molecule has 178 valence electrons. The van der Waals surface area contributed by atoms with Crippen LogP contribution in [0.15, 0.2) is 77.4 Å². The molecule has 0 bridgehead atoms. The smallest absolute Gasteiger partial charge is 0.247 e. The second-order valence-electron chi connectivity index (χ2n) is 8.76. The molecular formula is C30H29NO4. The first kappa shape index (κ1) is 22.8. The normalized spacial score (nSPS) is 13.6. The van der Waals surface area contributed by atoms with Gasteiger partial charge < -0.3 is 18.8 Å². The number of nitrogens with zero attached hydrogens (tertiary/aromatic N) is 1. The predicted molar refractivity (Wildman–Crippen MR) is 139 cm³/mol. The van der Waals surface area contributed by atoms with E-state index in [1.54, 1.807) is 19.4 Å². The summed E-state index contributed by atoms with van der Waals surface area (Å²) in [7, 11) is 1.64. The summed E-state index contributed by atoms with van der Waals surface area (Å²) in [6, 6.07) is 20.2. The molecule has 0 saturated carbocycles. The van der Waals surface area contributed by atoms with Crippen LogP contribution in [-0.4, -0.2) is 31.1 Å². The number of hydrogen-bond acceptors (Lipinski definition) is 4. The molecule has 0 atom stereocenters. The van der Waals surface area contributed by atoms with Crippen molar-refractivity contribution in [2.75, 3.05) is 20.3 Å². The third-order valence-corrected chi connectivity index (χ3v) is 6.58. The molecule has 5 heteroatoms. The summed E-state index contributed by atoms with van der Waals surface area (Å²) in [5.74, 6) is 1.53. The molecule has 0 saturated heterocycles. The van der Waals surface area contributed by atoms with Crippen LogP contribution in [0.5, 0.6) is 11.5 Å². The van der Waals surface area contributed by atoms with Crippen molar-refractivity contribution in [1.82, 2.24) is 4.90 Å². The highest BCUT2D eigenvalue weighted by molar-refractivity contribution is 6.00. The predicted octanol–water partition coefficient (Wildman–Crippen LogP) is 6.50. The summed E-state index contributed by atoms with van der Waals surface area (Å²) < 4.78 is 17.1. The maximum atomic E-state index is 13.2. The van der Waals surface area contributed by atoms with E-state index in [2.05, 4.69) is 18.2 Å². The highest BCUT2D eigenvalue weighted by Crippen LogP contribution is 2.38. The van der Waals surface area contributed by atoms with Gasteiger partial charge in [-0.3, -0.25) is 4.79 Å². The molecule has 3 aromatic carbocycles. The Kier molecular flexibility index (Phi) is 6.32. The van der Waals surface area contributed by atoms with Crippen molar-refractivity contribution in [2.24, 2.45) is 0 Å². The molecule has 0 fully saturated rings. The van der Waals surface area contributed by atoms with Gasteiger partial charge in [-0.2, -0.15) is 0 Å². The minimum atomic E-state index is 0.0121. The van der Waals surface area contributed by atoms with Crippen LogP contribution in [0.1, 0.15) is 30.5 Å². The fraction of sp³-hybridized carbons (Fsp3) is 0.233. The summed E-state index contributed by atoms with van der Waals surface area (Å²) in [5.41, 5.74) is 7.03. The Morgan fingerprint density at radius 2 is 1.86 bits per heavy atom. The lowest BCUT2D eigenvalue weighted by Gasteiger charge is -2.28. The molecule has 35 heavy (non-hydrogen) atoms. The number of rotatable bonds is 6. The lowest BCUT2D eigenvalue weighted by atomic mass is 9.98. The van der Waals surface area contributed by atoms with Gasteiger partial charge in [-0.25, -0.2) is 0 Å². The highest BCUT2D eigenvalue weighted by Gasteiger charge is 2.20. The lowest BCUT2D eigenvalue weighted by Crippen LogP contribution is -2.34. The molecule has 0 N–H and O–H groups in total. The Morgan fingerprint density at radius 1 is 1.09 bits per heavy atom. The molecule has 1 aromatic heterocycles. The summed E-state index contributed by atoms with van der Waals surface area (Å²) in [5, 5.41) is 0.969. The second kappa shape index (κ2) is 9.71. The van der Waals surface area contributed by atoms with Gasteiger partial charge in [-0.1, -0.05) is 36.4 Å². The molecule has 2 heterocycles. The molecule has 5 rings (SSSR count). The van der Waals surface area contributed by atoms with E-state index in [0.29, 0.717) is 18.9 Å². The first-order chi connectivity index (χ1) is 17.1. The van der Waals surface area contributed by atoms with E-state index in [1.165, 1.54) is 11.1 Å². The van der Waals surface area contributed by atoms with Crippen LogP contribution in [0, 0.1) is 0 Å². The van der Waals surface area contributed by atoms with E-state index >= 15 is 0 Å². The van der Waals surface area contributed by atoms with E-state index in [1.807, 2.05) is 61.2 Å². The maximum Gasteiger partial charge on any atom is 0.247 e. The van der Waals surface area contributed by atoms with E-state index in [0.717, 1.165) is 51.9 Å². The number of allylic oxidation sites excluding steroid dienone is 1. The van der Waals surface area contributed by atoms with Crippen molar-refractivity contribution in [3.8, 4) is 22.6 Å². The molecule has 0 spiro atoms. The van der Waals surface area contributed by atoms with Gasteiger partial charge in [-0.05, 0) is 60.7 Å². The number of carbonyl (C=O) groups is 1. The molecule has 0 radical (unpaired) electrons. The number of amides is 1. The topological polar surface area (TPSA) is 51.9 Å². The Hall–Kier alpha value is -3.99. The third kappa shape index (κ3) is 4.54. The lowest BCUT2D eigenvalue weighted by molar-refractivity contribution is -0.126. The zero-order valence-corrected chi connectivity index (χ0v) is 20.3. The van der Waals surface area contributed by atoms with Crippen LogP contribution in [0.4, 0.5) is 0 Å². The van der Waals surface area contributed by atoms with Gasteiger partial charge in [0.05, 0.1) is 20.0 Å². The molecule has 0 aliphatic carbocycles. The maximum absolute atomic E-state index is 13.2. The van der Waals surface area contributed by atoms with Gasteiger partial charge in [0.25, 0.3) is 0 Å². The molecular weight excluding hydrogens is 438 g/mol. The minimum absolute atomic E-state index is 0.0121. The van der Waals surface area contributed by atoms with Gasteiger partial charge in [0.2, 0.25) is 5.91 Å². The fourth-order valence-electron chi connectivity index (χ4n) is 4.69. The van der Waals surface area contributed by atoms with Crippen molar-refractivity contribution in [3.63, 3.8) is 0 Å². The summed E-state index contributed by atoms with van der Waals surface area (Å²) >= 11 is 0. The van der Waals surface area contributed by atoms with Crippen molar-refractivity contribution in [1.29, 1.82) is 0 Å². The van der Waals surface area contributed by atoms with Crippen molar-refractivity contribution in [3.05, 3.63) is 89.7 Å². The molecule has 0 unspecified atom stereocenters. The Balaban J connectivity index is 1.46. The standard InChI is InChI=1S/C30H29NO4/c1-4-34-24-11-9-22(10-12-24)27-19-35-29-17-28(33-3)25(16-26(27)29)20(2)15-30(32)31-14-13-21-7-5-6-8-23(21)18-31/h5-12,15-17,19H,4,13-14,18H2,1-3H3/b20-15+. The van der Waals surface area contributed by atoms with Crippen LogP contribution in [0.25, 0.3) is 27.7 Å². The van der Waals surface area contributed by atoms with Crippen LogP contribution >= 0.6 is 0 Å². The zero-order chi connectivity index (χ0) is 24.4. The van der Waals surface area contributed by atoms with Crippen LogP contribution in [0.2, 0.25) is 0 Å². The average Bonchev–Trinajstić information content (AvgIpc) is 3.31. The SMILES string of the molecule is CCOc1ccc(-c2coc3cc(OC)c(/C(C)=C/C(=O)N4CCc5ccccc5C4)cc23)cc1. The Bertz CT molecular complexity index is 1400. The van der Waals surface area contributed by atoms with E-state index in [9.17, 15) is 4.79 Å². The average molecular weight is 468 g/mol. The number of fused-ring (bicyclic) bond motifs is 2. The van der Waals surface area contributed by atoms with Gasteiger partial charge >= 0.3 is 0 Å². The number of benzene rings is 3.